The van der Waals surface area contributed by atoms with E-state index in [2.05, 4.69) is 17.1 Å². The fourth-order valence-corrected chi connectivity index (χ4v) is 1.51. The van der Waals surface area contributed by atoms with Crippen LogP contribution in [-0.2, 0) is 0 Å². The van der Waals surface area contributed by atoms with Crippen molar-refractivity contribution in [3.8, 4) is 0 Å². The van der Waals surface area contributed by atoms with Crippen molar-refractivity contribution in [3.63, 3.8) is 0 Å². The zero-order valence-electron chi connectivity index (χ0n) is 7.34. The van der Waals surface area contributed by atoms with Gasteiger partial charge < -0.3 is 5.32 Å². The zero-order chi connectivity index (χ0) is 7.68. The maximum Gasteiger partial charge on any atom is 0.0110 e. The van der Waals surface area contributed by atoms with Crippen molar-refractivity contribution in [1.29, 1.82) is 0 Å². The van der Waals surface area contributed by atoms with Crippen LogP contribution in [-0.4, -0.2) is 37.1 Å². The zero-order valence-corrected chi connectivity index (χ0v) is 7.34. The van der Waals surface area contributed by atoms with Gasteiger partial charge in [-0.05, 0) is 25.7 Å². The molecule has 0 spiro atoms. The van der Waals surface area contributed by atoms with Crippen LogP contribution in [0.4, 0.5) is 0 Å². The molecule has 1 aliphatic carbocycles. The Morgan fingerprint density at radius 2 is 2.18 bits per heavy atom. The van der Waals surface area contributed by atoms with Gasteiger partial charge in [0.15, 0.2) is 0 Å². The van der Waals surface area contributed by atoms with Crippen LogP contribution >= 0.6 is 0 Å². The maximum atomic E-state index is 3.57. The average Bonchev–Trinajstić information content (AvgIpc) is 2.85. The van der Waals surface area contributed by atoms with Crippen molar-refractivity contribution in [2.24, 2.45) is 5.92 Å². The van der Waals surface area contributed by atoms with E-state index in [1.54, 1.807) is 0 Å². The van der Waals surface area contributed by atoms with E-state index in [9.17, 15) is 0 Å². The van der Waals surface area contributed by atoms with Gasteiger partial charge in [0.1, 0.15) is 0 Å². The summed E-state index contributed by atoms with van der Waals surface area (Å²) in [6, 6.07) is 0.773. The molecule has 2 rings (SSSR count). The van der Waals surface area contributed by atoms with E-state index < -0.39 is 0 Å². The first-order valence-corrected chi connectivity index (χ1v) is 4.82. The summed E-state index contributed by atoms with van der Waals surface area (Å²) in [7, 11) is 0. The molecule has 64 valence electrons. The molecule has 0 bridgehead atoms. The lowest BCUT2D eigenvalue weighted by molar-refractivity contribution is 0.453. The van der Waals surface area contributed by atoms with Gasteiger partial charge in [-0.1, -0.05) is 0 Å². The van der Waals surface area contributed by atoms with Crippen molar-refractivity contribution in [2.45, 2.75) is 25.8 Å². The Hall–Kier alpha value is -0.0800. The monoisotopic (exact) mass is 154 g/mol. The van der Waals surface area contributed by atoms with E-state index in [4.69, 9.17) is 0 Å². The van der Waals surface area contributed by atoms with Gasteiger partial charge in [-0.25, -0.2) is 0 Å². The molecule has 1 N–H and O–H groups in total. The minimum absolute atomic E-state index is 0.773. The molecule has 2 fully saturated rings. The Bertz CT molecular complexity index is 128. The Morgan fingerprint density at radius 3 is 2.73 bits per heavy atom. The first-order valence-electron chi connectivity index (χ1n) is 4.82. The van der Waals surface area contributed by atoms with Crippen LogP contribution < -0.4 is 5.32 Å². The molecular formula is C9H18N2. The molecule has 0 aromatic heterocycles. The normalized spacial score (nSPS) is 27.0. The summed E-state index contributed by atoms with van der Waals surface area (Å²) in [6.45, 7) is 7.44. The third kappa shape index (κ3) is 2.46. The van der Waals surface area contributed by atoms with Gasteiger partial charge >= 0.3 is 0 Å². The SMILES string of the molecule is CC(NCCN1CC1)C1CC1. The predicted octanol–water partition coefficient (Wildman–Crippen LogP) is 0.690. The van der Waals surface area contributed by atoms with Crippen LogP contribution in [0.5, 0.6) is 0 Å². The molecule has 0 aromatic rings. The smallest absolute Gasteiger partial charge is 0.0110 e. The summed E-state index contributed by atoms with van der Waals surface area (Å²) in [4.78, 5) is 2.46. The molecule has 1 atom stereocenters. The van der Waals surface area contributed by atoms with Crippen molar-refractivity contribution in [1.82, 2.24) is 10.2 Å². The Morgan fingerprint density at radius 1 is 1.45 bits per heavy atom. The molecule has 1 saturated carbocycles. The van der Waals surface area contributed by atoms with Crippen LogP contribution in [0.15, 0.2) is 0 Å². The van der Waals surface area contributed by atoms with Crippen LogP contribution in [0.1, 0.15) is 19.8 Å². The van der Waals surface area contributed by atoms with Crippen molar-refractivity contribution < 1.29 is 0 Å². The highest BCUT2D eigenvalue weighted by atomic mass is 15.3. The highest BCUT2D eigenvalue weighted by Gasteiger charge is 2.27. The lowest BCUT2D eigenvalue weighted by atomic mass is 10.2. The van der Waals surface area contributed by atoms with Crippen LogP contribution in [0.3, 0.4) is 0 Å². The first-order chi connectivity index (χ1) is 5.36. The Labute approximate surface area is 69.0 Å². The number of hydrogen-bond donors (Lipinski definition) is 1. The molecule has 0 aromatic carbocycles. The lowest BCUT2D eigenvalue weighted by Crippen LogP contribution is -2.32. The van der Waals surface area contributed by atoms with Gasteiger partial charge in [-0.3, -0.25) is 4.90 Å². The molecule has 1 unspecified atom stereocenters. The average molecular weight is 154 g/mol. The van der Waals surface area contributed by atoms with Crippen LogP contribution in [0.2, 0.25) is 0 Å². The van der Waals surface area contributed by atoms with Gasteiger partial charge in [0.05, 0.1) is 0 Å². The van der Waals surface area contributed by atoms with E-state index in [1.165, 1.54) is 39.0 Å². The second-order valence-electron chi connectivity index (χ2n) is 3.92. The van der Waals surface area contributed by atoms with Gasteiger partial charge in [0.2, 0.25) is 0 Å². The fourth-order valence-electron chi connectivity index (χ4n) is 1.51. The van der Waals surface area contributed by atoms with E-state index in [-0.39, 0.29) is 0 Å². The van der Waals surface area contributed by atoms with Crippen LogP contribution in [0, 0.1) is 5.92 Å². The molecule has 2 heteroatoms. The molecule has 1 aliphatic heterocycles. The summed E-state index contributed by atoms with van der Waals surface area (Å²) < 4.78 is 0. The maximum absolute atomic E-state index is 3.57. The van der Waals surface area contributed by atoms with Crippen molar-refractivity contribution >= 4 is 0 Å². The van der Waals surface area contributed by atoms with E-state index in [0.717, 1.165) is 12.0 Å². The highest BCUT2D eigenvalue weighted by Crippen LogP contribution is 2.32. The number of hydrogen-bond acceptors (Lipinski definition) is 2. The van der Waals surface area contributed by atoms with Crippen LogP contribution in [0.25, 0.3) is 0 Å². The summed E-state index contributed by atoms with van der Waals surface area (Å²) in [6.07, 6.45) is 2.91. The second-order valence-corrected chi connectivity index (χ2v) is 3.92. The lowest BCUT2D eigenvalue weighted by Gasteiger charge is -2.12. The predicted molar refractivity (Wildman–Crippen MR) is 46.6 cm³/mol. The number of nitrogens with zero attached hydrogens (tertiary/aromatic N) is 1. The minimum Gasteiger partial charge on any atom is -0.313 e. The third-order valence-electron chi connectivity index (χ3n) is 2.76. The molecule has 11 heavy (non-hydrogen) atoms. The van der Waals surface area contributed by atoms with Gasteiger partial charge in [0, 0.05) is 32.2 Å². The number of rotatable bonds is 5. The molecule has 2 nitrogen and oxygen atoms in total. The van der Waals surface area contributed by atoms with E-state index in [0.29, 0.717) is 0 Å². The first kappa shape index (κ1) is 7.56. The molecule has 2 aliphatic rings. The van der Waals surface area contributed by atoms with Crippen molar-refractivity contribution in [2.75, 3.05) is 26.2 Å². The van der Waals surface area contributed by atoms with Gasteiger partial charge in [0.25, 0.3) is 0 Å². The quantitative estimate of drug-likeness (QED) is 0.586. The van der Waals surface area contributed by atoms with E-state index >= 15 is 0 Å². The largest absolute Gasteiger partial charge is 0.313 e. The summed E-state index contributed by atoms with van der Waals surface area (Å²) in [5, 5.41) is 3.57. The van der Waals surface area contributed by atoms with Gasteiger partial charge in [-0.2, -0.15) is 0 Å². The standard InChI is InChI=1S/C9H18N2/c1-8(9-2-3-9)10-4-5-11-6-7-11/h8-10H,2-7H2,1H3. The molecule has 0 amide bonds. The molecular weight excluding hydrogens is 136 g/mol. The highest BCUT2D eigenvalue weighted by molar-refractivity contribution is 4.83. The Kier molecular flexibility index (Phi) is 2.14. The third-order valence-corrected chi connectivity index (χ3v) is 2.76. The van der Waals surface area contributed by atoms with Crippen molar-refractivity contribution in [3.05, 3.63) is 0 Å². The Balaban J connectivity index is 1.50. The summed E-state index contributed by atoms with van der Waals surface area (Å²) in [5.74, 6) is 1.00. The molecule has 1 saturated heterocycles. The topological polar surface area (TPSA) is 15.0 Å². The summed E-state index contributed by atoms with van der Waals surface area (Å²) >= 11 is 0. The minimum atomic E-state index is 0.773. The summed E-state index contributed by atoms with van der Waals surface area (Å²) in [5.41, 5.74) is 0. The molecule has 0 radical (unpaired) electrons. The molecule has 1 heterocycles. The second kappa shape index (κ2) is 3.11. The number of nitrogens with one attached hydrogen (secondary N) is 1. The van der Waals surface area contributed by atoms with Gasteiger partial charge in [-0.15, -0.1) is 0 Å². The van der Waals surface area contributed by atoms with E-state index in [1.807, 2.05) is 0 Å². The fraction of sp³-hybridized carbons (Fsp3) is 1.00.